The minimum atomic E-state index is -0.743. The number of hydrogen-bond acceptors (Lipinski definition) is 4. The average Bonchev–Trinajstić information content (AvgIpc) is 2.99. The van der Waals surface area contributed by atoms with Crippen LogP contribution < -0.4 is 10.4 Å². The number of aromatic nitrogens is 1. The maximum atomic E-state index is 14.1. The molecule has 4 rings (SSSR count). The molecule has 0 radical (unpaired) electrons. The zero-order chi connectivity index (χ0) is 18.3. The van der Waals surface area contributed by atoms with Gasteiger partial charge in [-0.2, -0.15) is 4.99 Å². The second-order valence-corrected chi connectivity index (χ2v) is 6.63. The lowest BCUT2D eigenvalue weighted by atomic mass is 10.2. The molecule has 2 aromatic carbocycles. The van der Waals surface area contributed by atoms with Crippen molar-refractivity contribution in [2.45, 2.75) is 13.5 Å². The van der Waals surface area contributed by atoms with Gasteiger partial charge in [0.15, 0.2) is 4.80 Å². The molecule has 26 heavy (non-hydrogen) atoms. The third-order valence-electron chi connectivity index (χ3n) is 4.04. The van der Waals surface area contributed by atoms with Crippen LogP contribution in [0.25, 0.3) is 21.2 Å². The van der Waals surface area contributed by atoms with Gasteiger partial charge in [-0.15, -0.1) is 0 Å². The molecule has 5 nitrogen and oxygen atoms in total. The van der Waals surface area contributed by atoms with Gasteiger partial charge >= 0.3 is 5.63 Å². The zero-order valence-electron chi connectivity index (χ0n) is 13.7. The Balaban J connectivity index is 1.91. The number of thiazole rings is 1. The number of carbonyl (C=O) groups is 1. The molecule has 0 N–H and O–H groups in total. The van der Waals surface area contributed by atoms with E-state index >= 15 is 0 Å². The van der Waals surface area contributed by atoms with Crippen LogP contribution in [0.15, 0.2) is 62.7 Å². The summed E-state index contributed by atoms with van der Waals surface area (Å²) in [6, 6.07) is 13.1. The standard InChI is InChI=1S/C19H13FN2O3S/c1-2-22-16-13(20)7-5-9-15(16)26-19(22)21-17(23)12-10-11-6-3-4-8-14(11)25-18(12)24/h3-10H,2H2,1H3. The van der Waals surface area contributed by atoms with Crippen LogP contribution in [0.4, 0.5) is 4.39 Å². The first kappa shape index (κ1) is 16.4. The normalized spacial score (nSPS) is 12.2. The first-order valence-corrected chi connectivity index (χ1v) is 8.80. The van der Waals surface area contributed by atoms with E-state index < -0.39 is 11.5 Å². The lowest BCUT2D eigenvalue weighted by Gasteiger charge is -2.01. The van der Waals surface area contributed by atoms with Crippen LogP contribution >= 0.6 is 11.3 Å². The van der Waals surface area contributed by atoms with E-state index in [1.54, 1.807) is 41.0 Å². The summed E-state index contributed by atoms with van der Waals surface area (Å²) in [5.74, 6) is -1.08. The van der Waals surface area contributed by atoms with Crippen molar-refractivity contribution in [3.05, 3.63) is 75.1 Å². The molecule has 0 aliphatic rings. The number of hydrogen-bond donors (Lipinski definition) is 0. The second-order valence-electron chi connectivity index (χ2n) is 5.62. The Hall–Kier alpha value is -3.06. The largest absolute Gasteiger partial charge is 0.422 e. The molecule has 130 valence electrons. The number of nitrogens with zero attached hydrogens (tertiary/aromatic N) is 2. The van der Waals surface area contributed by atoms with Crippen molar-refractivity contribution in [3.8, 4) is 0 Å². The number of halogens is 1. The first-order chi connectivity index (χ1) is 12.6. The Morgan fingerprint density at radius 3 is 2.85 bits per heavy atom. The molecular weight excluding hydrogens is 355 g/mol. The molecule has 0 aliphatic carbocycles. The van der Waals surface area contributed by atoms with Gasteiger partial charge in [0.05, 0.1) is 10.2 Å². The van der Waals surface area contributed by atoms with Crippen molar-refractivity contribution < 1.29 is 13.6 Å². The van der Waals surface area contributed by atoms with Gasteiger partial charge in [-0.25, -0.2) is 9.18 Å². The summed E-state index contributed by atoms with van der Waals surface area (Å²) in [6.45, 7) is 2.28. The smallest absolute Gasteiger partial charge is 0.349 e. The van der Waals surface area contributed by atoms with Gasteiger partial charge in [0.1, 0.15) is 17.0 Å². The van der Waals surface area contributed by atoms with E-state index in [9.17, 15) is 14.0 Å². The topological polar surface area (TPSA) is 64.6 Å². The molecular formula is C19H13FN2O3S. The van der Waals surface area contributed by atoms with Crippen LogP contribution in [0, 0.1) is 5.82 Å². The highest BCUT2D eigenvalue weighted by atomic mass is 32.1. The van der Waals surface area contributed by atoms with Crippen LogP contribution in [0.2, 0.25) is 0 Å². The van der Waals surface area contributed by atoms with Crippen LogP contribution in [-0.4, -0.2) is 10.5 Å². The van der Waals surface area contributed by atoms with Crippen molar-refractivity contribution in [1.29, 1.82) is 0 Å². The molecule has 0 spiro atoms. The van der Waals surface area contributed by atoms with E-state index in [4.69, 9.17) is 4.42 Å². The summed E-state index contributed by atoms with van der Waals surface area (Å²) in [7, 11) is 0. The molecule has 2 heterocycles. The highest BCUT2D eigenvalue weighted by Gasteiger charge is 2.15. The molecule has 1 amide bonds. The summed E-state index contributed by atoms with van der Waals surface area (Å²) in [6.07, 6.45) is 0. The summed E-state index contributed by atoms with van der Waals surface area (Å²) in [5.41, 5.74) is -0.0872. The van der Waals surface area contributed by atoms with Crippen molar-refractivity contribution in [2.24, 2.45) is 4.99 Å². The summed E-state index contributed by atoms with van der Waals surface area (Å²) in [5, 5.41) is 0.636. The van der Waals surface area contributed by atoms with Crippen LogP contribution in [0.1, 0.15) is 17.3 Å². The molecule has 0 saturated carbocycles. The van der Waals surface area contributed by atoms with Crippen molar-refractivity contribution in [2.75, 3.05) is 0 Å². The van der Waals surface area contributed by atoms with Crippen LogP contribution in [-0.2, 0) is 6.54 Å². The second kappa shape index (κ2) is 6.34. The zero-order valence-corrected chi connectivity index (χ0v) is 14.5. The summed E-state index contributed by atoms with van der Waals surface area (Å²) >= 11 is 1.20. The third kappa shape index (κ3) is 2.66. The molecule has 4 aromatic rings. The molecule has 0 fully saturated rings. The summed E-state index contributed by atoms with van der Waals surface area (Å²) < 4.78 is 21.6. The van der Waals surface area contributed by atoms with Gasteiger partial charge in [-0.05, 0) is 31.2 Å². The highest BCUT2D eigenvalue weighted by molar-refractivity contribution is 7.16. The van der Waals surface area contributed by atoms with Crippen LogP contribution in [0.3, 0.4) is 0 Å². The predicted molar refractivity (Wildman–Crippen MR) is 97.8 cm³/mol. The molecule has 0 aliphatic heterocycles. The van der Waals surface area contributed by atoms with Crippen LogP contribution in [0.5, 0.6) is 0 Å². The Bertz CT molecular complexity index is 1280. The quantitative estimate of drug-likeness (QED) is 0.507. The van der Waals surface area contributed by atoms with Gasteiger partial charge in [0.2, 0.25) is 0 Å². The molecule has 0 saturated heterocycles. The van der Waals surface area contributed by atoms with E-state index in [0.29, 0.717) is 32.5 Å². The summed E-state index contributed by atoms with van der Waals surface area (Å²) in [4.78, 5) is 29.1. The van der Waals surface area contributed by atoms with E-state index in [2.05, 4.69) is 4.99 Å². The number of carbonyl (C=O) groups excluding carboxylic acids is 1. The fraction of sp³-hybridized carbons (Fsp3) is 0.105. The Labute approximate surface area is 150 Å². The lowest BCUT2D eigenvalue weighted by molar-refractivity contribution is 0.0994. The number of fused-ring (bicyclic) bond motifs is 2. The van der Waals surface area contributed by atoms with Crippen molar-refractivity contribution in [1.82, 2.24) is 4.57 Å². The van der Waals surface area contributed by atoms with E-state index in [0.717, 1.165) is 0 Å². The Morgan fingerprint density at radius 1 is 1.23 bits per heavy atom. The average molecular weight is 368 g/mol. The Kier molecular flexibility index (Phi) is 4.00. The van der Waals surface area contributed by atoms with Crippen molar-refractivity contribution in [3.63, 3.8) is 0 Å². The third-order valence-corrected chi connectivity index (χ3v) is 5.08. The van der Waals surface area contributed by atoms with Gasteiger partial charge in [-0.3, -0.25) is 4.79 Å². The molecule has 7 heteroatoms. The number of benzene rings is 2. The van der Waals surface area contributed by atoms with E-state index in [-0.39, 0.29) is 11.4 Å². The van der Waals surface area contributed by atoms with Crippen molar-refractivity contribution >= 4 is 38.4 Å². The van der Waals surface area contributed by atoms with E-state index in [1.807, 2.05) is 6.92 Å². The number of amides is 1. The first-order valence-electron chi connectivity index (χ1n) is 7.98. The van der Waals surface area contributed by atoms with Gasteiger partial charge in [0.25, 0.3) is 5.91 Å². The molecule has 0 unspecified atom stereocenters. The number of para-hydroxylation sites is 2. The van der Waals surface area contributed by atoms with E-state index in [1.165, 1.54) is 23.5 Å². The lowest BCUT2D eigenvalue weighted by Crippen LogP contribution is -2.19. The molecule has 0 atom stereocenters. The maximum Gasteiger partial charge on any atom is 0.349 e. The molecule has 2 aromatic heterocycles. The fourth-order valence-corrected chi connectivity index (χ4v) is 3.93. The van der Waals surface area contributed by atoms with Gasteiger partial charge in [0, 0.05) is 11.9 Å². The predicted octanol–water partition coefficient (Wildman–Crippen LogP) is 3.71. The number of aryl methyl sites for hydroxylation is 1. The molecule has 0 bridgehead atoms. The SMILES string of the molecule is CCn1c(=NC(=O)c2cc3ccccc3oc2=O)sc2cccc(F)c21. The Morgan fingerprint density at radius 2 is 2.04 bits per heavy atom. The minimum Gasteiger partial charge on any atom is -0.422 e. The maximum absolute atomic E-state index is 14.1. The van der Waals surface area contributed by atoms with Gasteiger partial charge < -0.3 is 8.98 Å². The minimum absolute atomic E-state index is 0.149. The highest BCUT2D eigenvalue weighted by Crippen LogP contribution is 2.20. The fourth-order valence-electron chi connectivity index (χ4n) is 2.82. The monoisotopic (exact) mass is 368 g/mol. The number of rotatable bonds is 2. The van der Waals surface area contributed by atoms with Gasteiger partial charge in [-0.1, -0.05) is 35.6 Å².